The van der Waals surface area contributed by atoms with Crippen LogP contribution in [-0.2, 0) is 0 Å². The maximum absolute atomic E-state index is 13.2. The minimum absolute atomic E-state index is 0.0942. The molecule has 1 atom stereocenters. The lowest BCUT2D eigenvalue weighted by molar-refractivity contribution is 0.0596. The number of carbonyl (C=O) groups is 1. The molecule has 1 aliphatic rings. The molecule has 1 fully saturated rings. The van der Waals surface area contributed by atoms with Gasteiger partial charge < -0.3 is 9.64 Å². The quantitative estimate of drug-likeness (QED) is 0.842. The Morgan fingerprint density at radius 2 is 2.04 bits per heavy atom. The predicted octanol–water partition coefficient (Wildman–Crippen LogP) is 2.78. The van der Waals surface area contributed by atoms with Crippen molar-refractivity contribution >= 4 is 5.91 Å². The van der Waals surface area contributed by atoms with Crippen LogP contribution < -0.4 is 10.3 Å². The number of amides is 1. The van der Waals surface area contributed by atoms with Crippen molar-refractivity contribution in [1.29, 1.82) is 0 Å². The molecule has 1 unspecified atom stereocenters. The number of ether oxygens (including phenoxy) is 1. The molecule has 1 aromatic heterocycles. The number of nitrogens with zero attached hydrogens (tertiary/aromatic N) is 3. The van der Waals surface area contributed by atoms with Crippen molar-refractivity contribution in [1.82, 2.24) is 14.7 Å². The zero-order valence-electron chi connectivity index (χ0n) is 14.9. The zero-order chi connectivity index (χ0) is 18.7. The van der Waals surface area contributed by atoms with Crippen LogP contribution in [0.15, 0.2) is 35.1 Å². The number of aromatic nitrogens is 2. The number of likely N-dealkylation sites (tertiary alicyclic amines) is 1. The van der Waals surface area contributed by atoms with E-state index >= 15 is 0 Å². The van der Waals surface area contributed by atoms with E-state index in [4.69, 9.17) is 4.74 Å². The Morgan fingerprint density at radius 1 is 1.31 bits per heavy atom. The summed E-state index contributed by atoms with van der Waals surface area (Å²) in [7, 11) is 1.41. The van der Waals surface area contributed by atoms with Crippen LogP contribution in [0.1, 0.15) is 43.1 Å². The summed E-state index contributed by atoms with van der Waals surface area (Å²) in [5.74, 6) is -0.506. The van der Waals surface area contributed by atoms with Crippen LogP contribution in [0.3, 0.4) is 0 Å². The van der Waals surface area contributed by atoms with Gasteiger partial charge in [-0.05, 0) is 49.9 Å². The van der Waals surface area contributed by atoms with Crippen LogP contribution in [0.4, 0.5) is 4.39 Å². The molecule has 1 aromatic carbocycles. The van der Waals surface area contributed by atoms with Gasteiger partial charge in [0.1, 0.15) is 5.82 Å². The highest BCUT2D eigenvalue weighted by Crippen LogP contribution is 2.24. The summed E-state index contributed by atoms with van der Waals surface area (Å²) in [4.78, 5) is 27.3. The van der Waals surface area contributed by atoms with E-state index in [1.165, 1.54) is 37.4 Å². The van der Waals surface area contributed by atoms with Gasteiger partial charge in [-0.3, -0.25) is 9.59 Å². The molecule has 7 heteroatoms. The Morgan fingerprint density at radius 3 is 2.69 bits per heavy atom. The van der Waals surface area contributed by atoms with Crippen molar-refractivity contribution in [2.75, 3.05) is 13.7 Å². The number of halogens is 1. The van der Waals surface area contributed by atoms with Gasteiger partial charge in [-0.15, -0.1) is 0 Å². The average molecular weight is 359 g/mol. The molecule has 3 rings (SSSR count). The minimum atomic E-state index is -0.448. The fourth-order valence-corrected chi connectivity index (χ4v) is 3.34. The van der Waals surface area contributed by atoms with Crippen molar-refractivity contribution in [2.24, 2.45) is 0 Å². The van der Waals surface area contributed by atoms with E-state index in [-0.39, 0.29) is 23.4 Å². The largest absolute Gasteiger partial charge is 0.494 e. The van der Waals surface area contributed by atoms with Crippen LogP contribution in [0, 0.1) is 5.82 Å². The Balaban J connectivity index is 2.05. The molecule has 0 N–H and O–H groups in total. The molecular formula is C19H22FN3O3. The first-order valence-electron chi connectivity index (χ1n) is 8.80. The molecule has 1 aliphatic heterocycles. The Labute approximate surface area is 151 Å². The molecule has 6 nitrogen and oxygen atoms in total. The second-order valence-electron chi connectivity index (χ2n) is 6.34. The fraction of sp³-hybridized carbons (Fsp3) is 0.421. The molecule has 0 radical (unpaired) electrons. The monoisotopic (exact) mass is 359 g/mol. The van der Waals surface area contributed by atoms with Gasteiger partial charge in [0.2, 0.25) is 0 Å². The smallest absolute Gasteiger partial charge is 0.278 e. The summed E-state index contributed by atoms with van der Waals surface area (Å²) in [5.41, 5.74) is 0.0336. The number of hydrogen-bond acceptors (Lipinski definition) is 4. The van der Waals surface area contributed by atoms with Crippen molar-refractivity contribution in [3.63, 3.8) is 0 Å². The van der Waals surface area contributed by atoms with E-state index in [9.17, 15) is 14.0 Å². The number of rotatable bonds is 4. The van der Waals surface area contributed by atoms with Gasteiger partial charge in [-0.1, -0.05) is 6.92 Å². The van der Waals surface area contributed by atoms with E-state index in [2.05, 4.69) is 12.0 Å². The molecule has 1 saturated heterocycles. The van der Waals surface area contributed by atoms with Crippen molar-refractivity contribution < 1.29 is 13.9 Å². The van der Waals surface area contributed by atoms with E-state index in [0.717, 1.165) is 30.4 Å². The summed E-state index contributed by atoms with van der Waals surface area (Å²) in [6.07, 6.45) is 3.87. The topological polar surface area (TPSA) is 64.4 Å². The molecule has 0 saturated carbocycles. The summed E-state index contributed by atoms with van der Waals surface area (Å²) < 4.78 is 19.5. The van der Waals surface area contributed by atoms with E-state index in [0.29, 0.717) is 12.2 Å². The Bertz CT molecular complexity index is 848. The van der Waals surface area contributed by atoms with Gasteiger partial charge in [-0.25, -0.2) is 4.39 Å². The highest BCUT2D eigenvalue weighted by atomic mass is 19.1. The fourth-order valence-electron chi connectivity index (χ4n) is 3.34. The standard InChI is InChI=1S/C19H22FN3O3/c1-3-14-6-4-5-11-22(14)19(25)18-16(26-2)12-17(24)23(21-18)15-9-7-13(20)8-10-15/h7-10,12,14H,3-6,11H2,1-2H3. The lowest BCUT2D eigenvalue weighted by atomic mass is 9.99. The zero-order valence-corrected chi connectivity index (χ0v) is 14.9. The molecule has 0 bridgehead atoms. The van der Waals surface area contributed by atoms with E-state index < -0.39 is 11.4 Å². The second-order valence-corrected chi connectivity index (χ2v) is 6.34. The van der Waals surface area contributed by atoms with Crippen LogP contribution in [-0.4, -0.2) is 40.3 Å². The van der Waals surface area contributed by atoms with Crippen molar-refractivity contribution in [3.8, 4) is 11.4 Å². The third kappa shape index (κ3) is 3.47. The molecule has 138 valence electrons. The maximum Gasteiger partial charge on any atom is 0.278 e. The molecule has 1 amide bonds. The minimum Gasteiger partial charge on any atom is -0.494 e. The average Bonchev–Trinajstić information content (AvgIpc) is 2.68. The van der Waals surface area contributed by atoms with Gasteiger partial charge in [0.05, 0.1) is 18.9 Å². The predicted molar refractivity (Wildman–Crippen MR) is 95.3 cm³/mol. The summed E-state index contributed by atoms with van der Waals surface area (Å²) in [5, 5.41) is 4.25. The maximum atomic E-state index is 13.2. The van der Waals surface area contributed by atoms with E-state index in [1.54, 1.807) is 0 Å². The second kappa shape index (κ2) is 7.68. The molecule has 26 heavy (non-hydrogen) atoms. The highest BCUT2D eigenvalue weighted by molar-refractivity contribution is 5.95. The Kier molecular flexibility index (Phi) is 5.35. The number of piperidine rings is 1. The van der Waals surface area contributed by atoms with Crippen molar-refractivity contribution in [3.05, 3.63) is 52.2 Å². The van der Waals surface area contributed by atoms with Gasteiger partial charge in [0.15, 0.2) is 11.4 Å². The molecule has 0 spiro atoms. The van der Waals surface area contributed by atoms with Gasteiger partial charge in [0, 0.05) is 12.6 Å². The molecular weight excluding hydrogens is 337 g/mol. The highest BCUT2D eigenvalue weighted by Gasteiger charge is 2.30. The summed E-state index contributed by atoms with van der Waals surface area (Å²) >= 11 is 0. The summed E-state index contributed by atoms with van der Waals surface area (Å²) in [6, 6.07) is 6.78. The first-order chi connectivity index (χ1) is 12.5. The Hall–Kier alpha value is -2.70. The molecule has 2 aromatic rings. The van der Waals surface area contributed by atoms with Crippen LogP contribution in [0.5, 0.6) is 5.75 Å². The van der Waals surface area contributed by atoms with Gasteiger partial charge >= 0.3 is 0 Å². The van der Waals surface area contributed by atoms with Gasteiger partial charge in [-0.2, -0.15) is 9.78 Å². The van der Waals surface area contributed by atoms with Gasteiger partial charge in [0.25, 0.3) is 11.5 Å². The third-order valence-corrected chi connectivity index (χ3v) is 4.75. The first-order valence-corrected chi connectivity index (χ1v) is 8.80. The van der Waals surface area contributed by atoms with Crippen LogP contribution in [0.25, 0.3) is 5.69 Å². The molecule has 2 heterocycles. The SMILES string of the molecule is CCC1CCCCN1C(=O)c1nn(-c2ccc(F)cc2)c(=O)cc1OC. The van der Waals surface area contributed by atoms with Crippen molar-refractivity contribution in [2.45, 2.75) is 38.6 Å². The van der Waals surface area contributed by atoms with Crippen LogP contribution >= 0.6 is 0 Å². The normalized spacial score (nSPS) is 17.2. The summed E-state index contributed by atoms with van der Waals surface area (Å²) in [6.45, 7) is 2.72. The van der Waals surface area contributed by atoms with E-state index in [1.807, 2.05) is 4.90 Å². The first kappa shape index (κ1) is 18.1. The lowest BCUT2D eigenvalue weighted by Gasteiger charge is -2.35. The lowest BCUT2D eigenvalue weighted by Crippen LogP contribution is -2.44. The number of carbonyl (C=O) groups excluding carboxylic acids is 1. The van der Waals surface area contributed by atoms with Crippen LogP contribution in [0.2, 0.25) is 0 Å². The number of hydrogen-bond donors (Lipinski definition) is 0. The third-order valence-electron chi connectivity index (χ3n) is 4.75. The number of methoxy groups -OCH3 is 1. The molecule has 0 aliphatic carbocycles. The number of benzene rings is 1.